The fraction of sp³-hybridized carbons (Fsp3) is 0.333. The Kier molecular flexibility index (Phi) is 2.96. The normalized spacial score (nSPS) is 10.0. The van der Waals surface area contributed by atoms with E-state index in [2.05, 4.69) is 0 Å². The molecule has 1 rings (SSSR count). The Morgan fingerprint density at radius 3 is 2.43 bits per heavy atom. The number of halogens is 1. The van der Waals surface area contributed by atoms with Crippen molar-refractivity contribution in [2.24, 2.45) is 0 Å². The number of nitro benzene ring substituents is 1. The minimum Gasteiger partial charge on any atom is -0.496 e. The van der Waals surface area contributed by atoms with Crippen LogP contribution in [0.15, 0.2) is 6.07 Å². The molecule has 0 aliphatic heterocycles. The summed E-state index contributed by atoms with van der Waals surface area (Å²) in [5, 5.41) is 11.1. The molecule has 5 heteroatoms. The molecule has 0 aliphatic carbocycles. The first-order valence-corrected chi connectivity index (χ1v) is 4.35. The lowest BCUT2D eigenvalue weighted by molar-refractivity contribution is -0.386. The third-order valence-electron chi connectivity index (χ3n) is 2.10. The predicted octanol–water partition coefficient (Wildman–Crippen LogP) is 2.87. The van der Waals surface area contributed by atoms with E-state index in [1.54, 1.807) is 19.9 Å². The lowest BCUT2D eigenvalue weighted by Crippen LogP contribution is -1.98. The smallest absolute Gasteiger partial charge is 0.280 e. The van der Waals surface area contributed by atoms with Gasteiger partial charge in [-0.05, 0) is 19.9 Å². The Morgan fingerprint density at radius 2 is 2.00 bits per heavy atom. The van der Waals surface area contributed by atoms with Gasteiger partial charge in [0.2, 0.25) is 0 Å². The van der Waals surface area contributed by atoms with Crippen LogP contribution in [0, 0.1) is 24.0 Å². The van der Waals surface area contributed by atoms with Gasteiger partial charge < -0.3 is 4.74 Å². The van der Waals surface area contributed by atoms with Gasteiger partial charge in [0, 0.05) is 5.56 Å². The summed E-state index contributed by atoms with van der Waals surface area (Å²) in [5.74, 6) is 0.437. The van der Waals surface area contributed by atoms with Gasteiger partial charge in [-0.25, -0.2) is 0 Å². The number of nitrogens with zero attached hydrogens (tertiary/aromatic N) is 1. The molecular weight excluding hydrogens is 206 g/mol. The average Bonchev–Trinajstić information content (AvgIpc) is 2.11. The minimum atomic E-state index is -0.445. The molecule has 1 aromatic carbocycles. The zero-order valence-electron chi connectivity index (χ0n) is 8.13. The Bertz CT molecular complexity index is 390. The Balaban J connectivity index is 3.53. The number of benzene rings is 1. The highest BCUT2D eigenvalue weighted by Gasteiger charge is 2.20. The minimum absolute atomic E-state index is 0.0225. The summed E-state index contributed by atoms with van der Waals surface area (Å²) in [5.41, 5.74) is 0.990. The lowest BCUT2D eigenvalue weighted by atomic mass is 10.1. The molecule has 0 aromatic heterocycles. The fourth-order valence-corrected chi connectivity index (χ4v) is 1.52. The van der Waals surface area contributed by atoms with Gasteiger partial charge in [-0.3, -0.25) is 10.1 Å². The number of methoxy groups -OCH3 is 1. The molecule has 0 fully saturated rings. The van der Waals surface area contributed by atoms with Crippen molar-refractivity contribution in [2.45, 2.75) is 13.8 Å². The van der Waals surface area contributed by atoms with Crippen molar-refractivity contribution < 1.29 is 9.66 Å². The predicted molar refractivity (Wildman–Crippen MR) is 54.1 cm³/mol. The van der Waals surface area contributed by atoms with Gasteiger partial charge in [0.1, 0.15) is 5.75 Å². The average molecular weight is 216 g/mol. The third-order valence-corrected chi connectivity index (χ3v) is 2.49. The monoisotopic (exact) mass is 215 g/mol. The molecule has 4 nitrogen and oxygen atoms in total. The van der Waals surface area contributed by atoms with Gasteiger partial charge in [-0.2, -0.15) is 0 Å². The quantitative estimate of drug-likeness (QED) is 0.563. The molecule has 1 aromatic rings. The molecular formula is C9H10ClNO3. The van der Waals surface area contributed by atoms with Crippen LogP contribution < -0.4 is 4.74 Å². The van der Waals surface area contributed by atoms with Gasteiger partial charge in [-0.15, -0.1) is 0 Å². The molecule has 14 heavy (non-hydrogen) atoms. The van der Waals surface area contributed by atoms with Crippen LogP contribution in [0.5, 0.6) is 5.75 Å². The Morgan fingerprint density at radius 1 is 1.43 bits per heavy atom. The molecule has 0 unspecified atom stereocenters. The van der Waals surface area contributed by atoms with E-state index in [9.17, 15) is 10.1 Å². The SMILES string of the molecule is COc1cc(Cl)c(C)c([N+](=O)[O-])c1C. The van der Waals surface area contributed by atoms with E-state index in [1.807, 2.05) is 0 Å². The zero-order chi connectivity index (χ0) is 10.9. The molecule has 76 valence electrons. The summed E-state index contributed by atoms with van der Waals surface area (Å²) in [6.45, 7) is 3.26. The molecule has 0 saturated carbocycles. The largest absolute Gasteiger partial charge is 0.496 e. The summed E-state index contributed by atoms with van der Waals surface area (Å²) < 4.78 is 4.98. The Labute approximate surface area is 86.6 Å². The molecule has 0 bridgehead atoms. The van der Waals surface area contributed by atoms with Crippen LogP contribution in [0.3, 0.4) is 0 Å². The number of hydrogen-bond donors (Lipinski definition) is 0. The highest BCUT2D eigenvalue weighted by molar-refractivity contribution is 6.31. The van der Waals surface area contributed by atoms with Crippen LogP contribution in [-0.2, 0) is 0 Å². The summed E-state index contributed by atoms with van der Waals surface area (Å²) in [6, 6.07) is 1.58. The maximum Gasteiger partial charge on any atom is 0.280 e. The van der Waals surface area contributed by atoms with Crippen LogP contribution in [0.4, 0.5) is 5.69 Å². The van der Waals surface area contributed by atoms with Gasteiger partial charge in [0.25, 0.3) is 5.69 Å². The number of rotatable bonds is 2. The second kappa shape index (κ2) is 3.84. The van der Waals surface area contributed by atoms with Gasteiger partial charge in [-0.1, -0.05) is 11.6 Å². The lowest BCUT2D eigenvalue weighted by Gasteiger charge is -2.08. The molecule has 0 aliphatic rings. The molecule has 0 heterocycles. The summed E-state index contributed by atoms with van der Waals surface area (Å²) in [4.78, 5) is 10.3. The van der Waals surface area contributed by atoms with Crippen molar-refractivity contribution in [3.8, 4) is 5.75 Å². The second-order valence-corrected chi connectivity index (χ2v) is 3.32. The van der Waals surface area contributed by atoms with Gasteiger partial charge in [0.05, 0.1) is 22.6 Å². The van der Waals surface area contributed by atoms with E-state index in [4.69, 9.17) is 16.3 Å². The molecule has 0 amide bonds. The highest BCUT2D eigenvalue weighted by Crippen LogP contribution is 2.35. The van der Waals surface area contributed by atoms with Crippen molar-refractivity contribution in [1.29, 1.82) is 0 Å². The van der Waals surface area contributed by atoms with E-state index in [-0.39, 0.29) is 5.69 Å². The maximum atomic E-state index is 10.8. The standard InChI is InChI=1S/C9H10ClNO3/c1-5-7(10)4-8(14-3)6(2)9(5)11(12)13/h4H,1-3H3. The van der Waals surface area contributed by atoms with Crippen molar-refractivity contribution in [3.63, 3.8) is 0 Å². The molecule has 0 spiro atoms. The van der Waals surface area contributed by atoms with Crippen LogP contribution in [0.25, 0.3) is 0 Å². The van der Waals surface area contributed by atoms with E-state index in [1.165, 1.54) is 7.11 Å². The first-order chi connectivity index (χ1) is 6.49. The topological polar surface area (TPSA) is 52.4 Å². The van der Waals surface area contributed by atoms with Crippen molar-refractivity contribution in [2.75, 3.05) is 7.11 Å². The van der Waals surface area contributed by atoms with E-state index < -0.39 is 4.92 Å². The first kappa shape index (κ1) is 10.8. The number of ether oxygens (including phenoxy) is 1. The van der Waals surface area contributed by atoms with E-state index in [0.717, 1.165) is 0 Å². The summed E-state index contributed by atoms with van der Waals surface area (Å²) in [7, 11) is 1.46. The summed E-state index contributed by atoms with van der Waals surface area (Å²) >= 11 is 5.83. The summed E-state index contributed by atoms with van der Waals surface area (Å²) in [6.07, 6.45) is 0. The number of nitro groups is 1. The van der Waals surface area contributed by atoms with Gasteiger partial charge >= 0.3 is 0 Å². The van der Waals surface area contributed by atoms with Crippen LogP contribution in [-0.4, -0.2) is 12.0 Å². The molecule has 0 N–H and O–H groups in total. The van der Waals surface area contributed by atoms with Crippen molar-refractivity contribution in [3.05, 3.63) is 32.3 Å². The highest BCUT2D eigenvalue weighted by atomic mass is 35.5. The van der Waals surface area contributed by atoms with Crippen LogP contribution in [0.1, 0.15) is 11.1 Å². The maximum absolute atomic E-state index is 10.8. The Hall–Kier alpha value is -1.29. The van der Waals surface area contributed by atoms with Gasteiger partial charge in [0.15, 0.2) is 0 Å². The fourth-order valence-electron chi connectivity index (χ4n) is 1.33. The zero-order valence-corrected chi connectivity index (χ0v) is 8.88. The van der Waals surface area contributed by atoms with E-state index >= 15 is 0 Å². The first-order valence-electron chi connectivity index (χ1n) is 3.97. The second-order valence-electron chi connectivity index (χ2n) is 2.92. The van der Waals surface area contributed by atoms with Crippen LogP contribution >= 0.6 is 11.6 Å². The van der Waals surface area contributed by atoms with Crippen molar-refractivity contribution in [1.82, 2.24) is 0 Å². The number of hydrogen-bond acceptors (Lipinski definition) is 3. The molecule has 0 radical (unpaired) electrons. The van der Waals surface area contributed by atoms with Crippen molar-refractivity contribution >= 4 is 17.3 Å². The third kappa shape index (κ3) is 1.65. The van der Waals surface area contributed by atoms with E-state index in [0.29, 0.717) is 21.9 Å². The van der Waals surface area contributed by atoms with Crippen LogP contribution in [0.2, 0.25) is 5.02 Å². The molecule has 0 atom stereocenters. The molecule has 0 saturated heterocycles.